The number of benzene rings is 2. The zero-order valence-electron chi connectivity index (χ0n) is 20.7. The number of aromatic nitrogens is 1. The Kier molecular flexibility index (Phi) is 6.37. The number of urea groups is 1. The maximum absolute atomic E-state index is 13.5. The fourth-order valence-electron chi connectivity index (χ4n) is 5.44. The highest BCUT2D eigenvalue weighted by molar-refractivity contribution is 8.01. The molecule has 0 bridgehead atoms. The number of pyridine rings is 1. The molecule has 192 valence electrons. The molecule has 1 aromatic heterocycles. The first kappa shape index (κ1) is 24.2. The van der Waals surface area contributed by atoms with Crippen molar-refractivity contribution >= 4 is 41.0 Å². The molecule has 3 aliphatic rings. The number of nitrogens with zero attached hydrogens (tertiary/aromatic N) is 3. The third-order valence-electron chi connectivity index (χ3n) is 7.23. The largest absolute Gasteiger partial charge is 0.351 e. The molecule has 1 fully saturated rings. The molecule has 1 saturated heterocycles. The van der Waals surface area contributed by atoms with Crippen LogP contribution in [0.2, 0.25) is 0 Å². The van der Waals surface area contributed by atoms with E-state index in [0.717, 1.165) is 45.9 Å². The number of amides is 4. The van der Waals surface area contributed by atoms with Crippen molar-refractivity contribution in [2.24, 2.45) is 0 Å². The van der Waals surface area contributed by atoms with Gasteiger partial charge in [-0.25, -0.2) is 9.78 Å². The van der Waals surface area contributed by atoms with Gasteiger partial charge in [-0.2, -0.15) is 0 Å². The first-order valence-corrected chi connectivity index (χ1v) is 13.5. The summed E-state index contributed by atoms with van der Waals surface area (Å²) in [5, 5.41) is 6.38. The molecule has 0 aliphatic carbocycles. The molecule has 3 atom stereocenters. The summed E-state index contributed by atoms with van der Waals surface area (Å²) in [6.45, 7) is 4.68. The molecule has 2 N–H and O–H groups in total. The molecule has 4 heterocycles. The first-order chi connectivity index (χ1) is 18.5. The minimum Gasteiger partial charge on any atom is -0.351 e. The maximum atomic E-state index is 13.5. The maximum Gasteiger partial charge on any atom is 0.327 e. The standard InChI is InChI=1S/C29H27N5O3S/c1-2-23(35)33-15-7-11-20(17-33)31-27(36)26-25-24-22(13-14-30-28(24)38-26)34(29(37)32-25)21-12-6-10-19(16-21)18-8-4-3-5-9-18/h2-6,8-10,12-14,16,20,25-26H,1,7,11,15,17H2,(H,31,36)(H,32,37)/t20?,25?,26-/m1/s1. The van der Waals surface area contributed by atoms with Crippen molar-refractivity contribution in [2.45, 2.75) is 35.2 Å². The number of carbonyl (C=O) groups excluding carboxylic acids is 3. The van der Waals surface area contributed by atoms with Crippen LogP contribution in [-0.4, -0.2) is 52.1 Å². The van der Waals surface area contributed by atoms with Crippen LogP contribution in [-0.2, 0) is 9.59 Å². The van der Waals surface area contributed by atoms with E-state index >= 15 is 0 Å². The van der Waals surface area contributed by atoms with Gasteiger partial charge in [0, 0.05) is 30.9 Å². The van der Waals surface area contributed by atoms with Gasteiger partial charge in [0.15, 0.2) is 0 Å². The minimum atomic E-state index is -0.550. The topological polar surface area (TPSA) is 94.6 Å². The molecule has 0 radical (unpaired) electrons. The van der Waals surface area contributed by atoms with Gasteiger partial charge >= 0.3 is 6.03 Å². The highest BCUT2D eigenvalue weighted by atomic mass is 32.2. The van der Waals surface area contributed by atoms with Crippen LogP contribution < -0.4 is 15.5 Å². The number of anilines is 2. The van der Waals surface area contributed by atoms with Crippen LogP contribution in [0.4, 0.5) is 16.2 Å². The molecule has 6 rings (SSSR count). The number of carbonyl (C=O) groups is 3. The van der Waals surface area contributed by atoms with E-state index < -0.39 is 11.3 Å². The van der Waals surface area contributed by atoms with Crippen LogP contribution >= 0.6 is 11.8 Å². The highest BCUT2D eigenvalue weighted by Crippen LogP contribution is 2.50. The van der Waals surface area contributed by atoms with Crippen LogP contribution in [0.1, 0.15) is 24.4 Å². The predicted molar refractivity (Wildman–Crippen MR) is 147 cm³/mol. The van der Waals surface area contributed by atoms with Gasteiger partial charge in [-0.15, -0.1) is 0 Å². The zero-order chi connectivity index (χ0) is 26.2. The Bertz CT molecular complexity index is 1430. The van der Waals surface area contributed by atoms with Crippen LogP contribution in [0.3, 0.4) is 0 Å². The molecule has 3 aromatic rings. The summed E-state index contributed by atoms with van der Waals surface area (Å²) in [4.78, 5) is 46.9. The fourth-order valence-corrected chi connectivity index (χ4v) is 6.68. The third-order valence-corrected chi connectivity index (χ3v) is 8.52. The fraction of sp³-hybridized carbons (Fsp3) is 0.241. The average molecular weight is 526 g/mol. The first-order valence-electron chi connectivity index (χ1n) is 12.7. The lowest BCUT2D eigenvalue weighted by molar-refractivity contribution is -0.129. The molecular weight excluding hydrogens is 498 g/mol. The molecule has 9 heteroatoms. The summed E-state index contributed by atoms with van der Waals surface area (Å²) in [5.41, 5.74) is 4.40. The molecule has 8 nitrogen and oxygen atoms in total. The van der Waals surface area contributed by atoms with Crippen molar-refractivity contribution in [2.75, 3.05) is 18.0 Å². The van der Waals surface area contributed by atoms with Gasteiger partial charge in [-0.3, -0.25) is 14.5 Å². The van der Waals surface area contributed by atoms with E-state index in [2.05, 4.69) is 22.2 Å². The second-order valence-corrected chi connectivity index (χ2v) is 10.7. The Balaban J connectivity index is 1.26. The van der Waals surface area contributed by atoms with Crippen molar-refractivity contribution in [1.82, 2.24) is 20.5 Å². The Hall–Kier alpha value is -4.11. The average Bonchev–Trinajstić information content (AvgIpc) is 3.33. The van der Waals surface area contributed by atoms with Crippen LogP contribution in [0, 0.1) is 0 Å². The number of hydrogen-bond donors (Lipinski definition) is 2. The van der Waals surface area contributed by atoms with Crippen LogP contribution in [0.25, 0.3) is 11.1 Å². The summed E-state index contributed by atoms with van der Waals surface area (Å²) < 4.78 is 0. The number of nitrogens with one attached hydrogen (secondary N) is 2. The smallest absolute Gasteiger partial charge is 0.327 e. The lowest BCUT2D eigenvalue weighted by atomic mass is 9.98. The van der Waals surface area contributed by atoms with E-state index in [1.807, 2.05) is 60.7 Å². The van der Waals surface area contributed by atoms with Gasteiger partial charge < -0.3 is 15.5 Å². The normalized spacial score (nSPS) is 21.9. The van der Waals surface area contributed by atoms with Crippen molar-refractivity contribution in [3.05, 3.63) is 85.1 Å². The summed E-state index contributed by atoms with van der Waals surface area (Å²) in [5.74, 6) is -0.293. The molecule has 3 aliphatic heterocycles. The third kappa shape index (κ3) is 4.32. The Morgan fingerprint density at radius 1 is 1.11 bits per heavy atom. The number of hydrogen-bond acceptors (Lipinski definition) is 5. The number of rotatable bonds is 5. The second-order valence-electron chi connectivity index (χ2n) is 9.60. The quantitative estimate of drug-likeness (QED) is 0.481. The van der Waals surface area contributed by atoms with E-state index in [0.29, 0.717) is 13.1 Å². The summed E-state index contributed by atoms with van der Waals surface area (Å²) in [6.07, 6.45) is 4.60. The number of piperidine rings is 1. The Labute approximate surface area is 225 Å². The SMILES string of the molecule is C=CC(=O)N1CCCC(NC(=O)[C@@H]2Sc3nccc4c3C2NC(=O)N4c2cccc(-c3ccccc3)c2)C1. The van der Waals surface area contributed by atoms with E-state index in [1.165, 1.54) is 17.8 Å². The molecule has 0 spiro atoms. The van der Waals surface area contributed by atoms with E-state index in [1.54, 1.807) is 16.0 Å². The zero-order valence-corrected chi connectivity index (χ0v) is 21.5. The van der Waals surface area contributed by atoms with Crippen LogP contribution in [0.5, 0.6) is 0 Å². The van der Waals surface area contributed by atoms with Crippen molar-refractivity contribution in [3.63, 3.8) is 0 Å². The lowest BCUT2D eigenvalue weighted by Gasteiger charge is -2.35. The molecule has 0 saturated carbocycles. The van der Waals surface area contributed by atoms with Gasteiger partial charge in [0.1, 0.15) is 10.3 Å². The molecule has 2 aromatic carbocycles. The van der Waals surface area contributed by atoms with Crippen molar-refractivity contribution in [1.29, 1.82) is 0 Å². The second kappa shape index (κ2) is 9.98. The van der Waals surface area contributed by atoms with E-state index in [9.17, 15) is 14.4 Å². The van der Waals surface area contributed by atoms with E-state index in [4.69, 9.17) is 0 Å². The summed E-state index contributed by atoms with van der Waals surface area (Å²) >= 11 is 1.37. The molecular formula is C29H27N5O3S. The van der Waals surface area contributed by atoms with Crippen LogP contribution in [0.15, 0.2) is 84.5 Å². The predicted octanol–water partition coefficient (Wildman–Crippen LogP) is 4.42. The van der Waals surface area contributed by atoms with Crippen molar-refractivity contribution in [3.8, 4) is 11.1 Å². The Morgan fingerprint density at radius 2 is 1.92 bits per heavy atom. The summed E-state index contributed by atoms with van der Waals surface area (Å²) in [6, 6.07) is 18.8. The summed E-state index contributed by atoms with van der Waals surface area (Å²) in [7, 11) is 0. The monoisotopic (exact) mass is 525 g/mol. The highest BCUT2D eigenvalue weighted by Gasteiger charge is 2.47. The van der Waals surface area contributed by atoms with Gasteiger partial charge in [-0.05, 0) is 48.2 Å². The Morgan fingerprint density at radius 3 is 2.74 bits per heavy atom. The molecule has 2 unspecified atom stereocenters. The van der Waals surface area contributed by atoms with Gasteiger partial charge in [0.25, 0.3) is 0 Å². The number of likely N-dealkylation sites (tertiary alicyclic amines) is 1. The minimum absolute atomic E-state index is 0.128. The number of thioether (sulfide) groups is 1. The molecule has 4 amide bonds. The lowest BCUT2D eigenvalue weighted by Crippen LogP contribution is -2.53. The van der Waals surface area contributed by atoms with Crippen molar-refractivity contribution < 1.29 is 14.4 Å². The molecule has 38 heavy (non-hydrogen) atoms. The van der Waals surface area contributed by atoms with Gasteiger partial charge in [0.05, 0.1) is 17.4 Å². The van der Waals surface area contributed by atoms with E-state index in [-0.39, 0.29) is 23.9 Å². The van der Waals surface area contributed by atoms with Gasteiger partial charge in [0.2, 0.25) is 11.8 Å². The van der Waals surface area contributed by atoms with Gasteiger partial charge in [-0.1, -0.05) is 60.8 Å².